The molecule has 0 unspecified atom stereocenters. The first-order chi connectivity index (χ1) is 7.08. The van der Waals surface area contributed by atoms with E-state index in [0.717, 1.165) is 24.4 Å². The summed E-state index contributed by atoms with van der Waals surface area (Å²) in [6.07, 6.45) is 1.13. The van der Waals surface area contributed by atoms with Crippen molar-refractivity contribution in [1.29, 1.82) is 0 Å². The van der Waals surface area contributed by atoms with Crippen molar-refractivity contribution in [3.05, 3.63) is 42.3 Å². The van der Waals surface area contributed by atoms with E-state index in [1.54, 1.807) is 0 Å². The van der Waals surface area contributed by atoms with Gasteiger partial charge < -0.3 is 4.90 Å². The summed E-state index contributed by atoms with van der Waals surface area (Å²) in [4.78, 5) is 2.39. The normalized spacial score (nSPS) is 11.3. The van der Waals surface area contributed by atoms with Gasteiger partial charge in [0.15, 0.2) is 0 Å². The minimum atomic E-state index is 0.747. The van der Waals surface area contributed by atoms with Crippen molar-refractivity contribution in [3.8, 4) is 0 Å². The number of nitrogens with zero attached hydrogens (tertiary/aromatic N) is 1. The molecule has 0 aliphatic heterocycles. The second kappa shape index (κ2) is 5.92. The van der Waals surface area contributed by atoms with Gasteiger partial charge >= 0.3 is 0 Å². The van der Waals surface area contributed by atoms with E-state index in [9.17, 15) is 0 Å². The standard InChI is InChI=1S/C14H22N/c1-12(2)11-15(4)10-9-14-7-5-13(3)6-8-14/h5-8,12H,3,9-11H2,1-2,4H3. The number of hydrogen-bond acceptors (Lipinski definition) is 1. The first-order valence-electron chi connectivity index (χ1n) is 5.67. The SMILES string of the molecule is [CH2]c1ccc(CCN(C)CC(C)C)cc1. The van der Waals surface area contributed by atoms with E-state index in [1.165, 1.54) is 12.1 Å². The smallest absolute Gasteiger partial charge is 0.00189 e. The van der Waals surface area contributed by atoms with Gasteiger partial charge in [0.05, 0.1) is 0 Å². The van der Waals surface area contributed by atoms with E-state index in [1.807, 2.05) is 0 Å². The quantitative estimate of drug-likeness (QED) is 0.712. The average molecular weight is 204 g/mol. The highest BCUT2D eigenvalue weighted by Gasteiger charge is 2.01. The molecule has 0 saturated heterocycles. The van der Waals surface area contributed by atoms with Crippen LogP contribution in [-0.4, -0.2) is 25.0 Å². The van der Waals surface area contributed by atoms with Gasteiger partial charge in [-0.2, -0.15) is 0 Å². The maximum Gasteiger partial charge on any atom is 0.00189 e. The lowest BCUT2D eigenvalue weighted by molar-refractivity contribution is 0.299. The van der Waals surface area contributed by atoms with Crippen LogP contribution in [-0.2, 0) is 6.42 Å². The third kappa shape index (κ3) is 4.98. The molecular formula is C14H22N. The Hall–Kier alpha value is -0.820. The molecule has 1 aromatic rings. The number of rotatable bonds is 5. The summed E-state index contributed by atoms with van der Waals surface area (Å²) in [6, 6.07) is 8.51. The summed E-state index contributed by atoms with van der Waals surface area (Å²) in [5.41, 5.74) is 2.49. The topological polar surface area (TPSA) is 3.24 Å². The molecule has 0 N–H and O–H groups in total. The molecule has 1 rings (SSSR count). The average Bonchev–Trinajstić information content (AvgIpc) is 2.16. The van der Waals surface area contributed by atoms with Crippen LogP contribution in [0, 0.1) is 12.8 Å². The minimum absolute atomic E-state index is 0.747. The Morgan fingerprint density at radius 3 is 2.33 bits per heavy atom. The maximum absolute atomic E-state index is 3.89. The van der Waals surface area contributed by atoms with E-state index in [0.29, 0.717) is 0 Å². The van der Waals surface area contributed by atoms with Gasteiger partial charge in [-0.1, -0.05) is 38.1 Å². The highest BCUT2D eigenvalue weighted by atomic mass is 15.1. The molecule has 0 aliphatic carbocycles. The van der Waals surface area contributed by atoms with Crippen LogP contribution in [0.2, 0.25) is 0 Å². The van der Waals surface area contributed by atoms with Crippen LogP contribution in [0.25, 0.3) is 0 Å². The van der Waals surface area contributed by atoms with Crippen molar-refractivity contribution in [2.75, 3.05) is 20.1 Å². The summed E-state index contributed by atoms with van der Waals surface area (Å²) in [7, 11) is 2.19. The van der Waals surface area contributed by atoms with E-state index in [4.69, 9.17) is 0 Å². The van der Waals surface area contributed by atoms with E-state index in [2.05, 4.69) is 57.0 Å². The van der Waals surface area contributed by atoms with E-state index in [-0.39, 0.29) is 0 Å². The van der Waals surface area contributed by atoms with Gasteiger partial charge in [0.1, 0.15) is 0 Å². The highest BCUT2D eigenvalue weighted by molar-refractivity contribution is 5.24. The fourth-order valence-electron chi connectivity index (χ4n) is 1.74. The predicted molar refractivity (Wildman–Crippen MR) is 66.9 cm³/mol. The van der Waals surface area contributed by atoms with Crippen LogP contribution >= 0.6 is 0 Å². The van der Waals surface area contributed by atoms with Crippen molar-refractivity contribution in [2.45, 2.75) is 20.3 Å². The third-order valence-corrected chi connectivity index (χ3v) is 2.48. The van der Waals surface area contributed by atoms with Crippen LogP contribution in [0.1, 0.15) is 25.0 Å². The monoisotopic (exact) mass is 204 g/mol. The molecule has 1 heteroatoms. The number of benzene rings is 1. The fourth-order valence-corrected chi connectivity index (χ4v) is 1.74. The Balaban J connectivity index is 2.33. The zero-order chi connectivity index (χ0) is 11.3. The fraction of sp³-hybridized carbons (Fsp3) is 0.500. The molecule has 0 heterocycles. The van der Waals surface area contributed by atoms with Gasteiger partial charge in [-0.15, -0.1) is 0 Å². The Bertz CT molecular complexity index is 274. The molecular weight excluding hydrogens is 182 g/mol. The summed E-state index contributed by atoms with van der Waals surface area (Å²) in [5.74, 6) is 0.747. The molecule has 83 valence electrons. The van der Waals surface area contributed by atoms with Crippen molar-refractivity contribution >= 4 is 0 Å². The molecule has 0 atom stereocenters. The van der Waals surface area contributed by atoms with Gasteiger partial charge in [0.25, 0.3) is 0 Å². The Kier molecular flexibility index (Phi) is 4.83. The van der Waals surface area contributed by atoms with Crippen LogP contribution < -0.4 is 0 Å². The molecule has 1 nitrogen and oxygen atoms in total. The summed E-state index contributed by atoms with van der Waals surface area (Å²) in [5, 5.41) is 0. The number of hydrogen-bond donors (Lipinski definition) is 0. The predicted octanol–water partition coefficient (Wildman–Crippen LogP) is 3.00. The van der Waals surface area contributed by atoms with E-state index >= 15 is 0 Å². The molecule has 0 saturated carbocycles. The molecule has 0 fully saturated rings. The summed E-state index contributed by atoms with van der Waals surface area (Å²) in [6.45, 7) is 10.7. The van der Waals surface area contributed by atoms with Gasteiger partial charge in [0, 0.05) is 13.1 Å². The lowest BCUT2D eigenvalue weighted by atomic mass is 10.1. The first-order valence-corrected chi connectivity index (χ1v) is 5.67. The molecule has 0 bridgehead atoms. The van der Waals surface area contributed by atoms with E-state index < -0.39 is 0 Å². The first kappa shape index (κ1) is 12.3. The molecule has 1 radical (unpaired) electrons. The second-order valence-corrected chi connectivity index (χ2v) is 4.72. The van der Waals surface area contributed by atoms with Crippen LogP contribution in [0.3, 0.4) is 0 Å². The zero-order valence-electron chi connectivity index (χ0n) is 10.2. The second-order valence-electron chi connectivity index (χ2n) is 4.72. The molecule has 0 aromatic heterocycles. The van der Waals surface area contributed by atoms with Crippen molar-refractivity contribution in [2.24, 2.45) is 5.92 Å². The molecule has 15 heavy (non-hydrogen) atoms. The lowest BCUT2D eigenvalue weighted by Crippen LogP contribution is -2.25. The Morgan fingerprint density at radius 2 is 1.80 bits per heavy atom. The van der Waals surface area contributed by atoms with Crippen LogP contribution in [0.5, 0.6) is 0 Å². The minimum Gasteiger partial charge on any atom is -0.306 e. The zero-order valence-corrected chi connectivity index (χ0v) is 10.2. The largest absolute Gasteiger partial charge is 0.306 e. The molecule has 0 aliphatic rings. The van der Waals surface area contributed by atoms with Gasteiger partial charge in [-0.25, -0.2) is 0 Å². The Morgan fingerprint density at radius 1 is 1.20 bits per heavy atom. The highest BCUT2D eigenvalue weighted by Crippen LogP contribution is 2.05. The van der Waals surface area contributed by atoms with Crippen molar-refractivity contribution < 1.29 is 0 Å². The molecule has 1 aromatic carbocycles. The van der Waals surface area contributed by atoms with Crippen LogP contribution in [0.15, 0.2) is 24.3 Å². The van der Waals surface area contributed by atoms with Gasteiger partial charge in [0.2, 0.25) is 0 Å². The van der Waals surface area contributed by atoms with Crippen molar-refractivity contribution in [1.82, 2.24) is 4.90 Å². The molecule has 0 spiro atoms. The van der Waals surface area contributed by atoms with Gasteiger partial charge in [-0.3, -0.25) is 0 Å². The van der Waals surface area contributed by atoms with Crippen molar-refractivity contribution in [3.63, 3.8) is 0 Å². The van der Waals surface area contributed by atoms with Crippen LogP contribution in [0.4, 0.5) is 0 Å². The van der Waals surface area contributed by atoms with Gasteiger partial charge in [-0.05, 0) is 37.4 Å². The molecule has 0 amide bonds. The lowest BCUT2D eigenvalue weighted by Gasteiger charge is -2.18. The number of likely N-dealkylation sites (N-methyl/N-ethyl adjacent to an activating group) is 1. The Labute approximate surface area is 94.1 Å². The third-order valence-electron chi connectivity index (χ3n) is 2.48. The summed E-state index contributed by atoms with van der Waals surface area (Å²) < 4.78 is 0. The maximum atomic E-state index is 3.89. The summed E-state index contributed by atoms with van der Waals surface area (Å²) >= 11 is 0.